The van der Waals surface area contributed by atoms with Crippen LogP contribution in [0.2, 0.25) is 0 Å². The van der Waals surface area contributed by atoms with Gasteiger partial charge in [-0.1, -0.05) is 6.07 Å². The van der Waals surface area contributed by atoms with Crippen molar-refractivity contribution in [3.63, 3.8) is 0 Å². The number of rotatable bonds is 2. The molecule has 1 aromatic carbocycles. The average molecular weight is 184 g/mol. The molecule has 1 rings (SSSR count). The van der Waals surface area contributed by atoms with Gasteiger partial charge in [0, 0.05) is 6.42 Å². The molecule has 0 saturated carbocycles. The Balaban J connectivity index is 3.05. The molecule has 0 aliphatic rings. The lowest BCUT2D eigenvalue weighted by atomic mass is 10.0. The van der Waals surface area contributed by atoms with Gasteiger partial charge in [0.2, 0.25) is 0 Å². The van der Waals surface area contributed by atoms with E-state index in [1.54, 1.807) is 19.9 Å². The number of aliphatic hydroxyl groups excluding tert-OH is 1. The van der Waals surface area contributed by atoms with Crippen LogP contribution < -0.4 is 0 Å². The van der Waals surface area contributed by atoms with Crippen molar-refractivity contribution in [2.45, 2.75) is 26.4 Å². The first-order valence-electron chi connectivity index (χ1n) is 4.16. The van der Waals surface area contributed by atoms with Crippen LogP contribution in [0.4, 0.5) is 4.39 Å². The molecule has 1 unspecified atom stereocenters. The summed E-state index contributed by atoms with van der Waals surface area (Å²) in [4.78, 5) is 0. The second-order valence-electron chi connectivity index (χ2n) is 3.31. The quantitative estimate of drug-likeness (QED) is 0.735. The first-order valence-corrected chi connectivity index (χ1v) is 4.16. The fourth-order valence-electron chi connectivity index (χ4n) is 1.29. The van der Waals surface area contributed by atoms with Crippen LogP contribution in [0, 0.1) is 12.7 Å². The largest absolute Gasteiger partial charge is 0.505 e. The van der Waals surface area contributed by atoms with E-state index in [1.807, 2.05) is 0 Å². The van der Waals surface area contributed by atoms with Crippen molar-refractivity contribution >= 4 is 0 Å². The summed E-state index contributed by atoms with van der Waals surface area (Å²) in [6, 6.07) is 2.99. The van der Waals surface area contributed by atoms with Crippen molar-refractivity contribution in [1.82, 2.24) is 0 Å². The van der Waals surface area contributed by atoms with Gasteiger partial charge in [-0.3, -0.25) is 0 Å². The van der Waals surface area contributed by atoms with Gasteiger partial charge in [0.05, 0.1) is 6.10 Å². The number of phenols is 1. The minimum absolute atomic E-state index is 0.223. The van der Waals surface area contributed by atoms with Crippen LogP contribution >= 0.6 is 0 Å². The number of phenolic OH excluding ortho intramolecular Hbond substituents is 1. The fraction of sp³-hybridized carbons (Fsp3) is 0.400. The number of hydrogen-bond donors (Lipinski definition) is 2. The van der Waals surface area contributed by atoms with Crippen molar-refractivity contribution in [2.24, 2.45) is 0 Å². The fourth-order valence-corrected chi connectivity index (χ4v) is 1.29. The average Bonchev–Trinajstić information content (AvgIpc) is 1.98. The van der Waals surface area contributed by atoms with Crippen LogP contribution in [0.15, 0.2) is 12.1 Å². The molecule has 0 aromatic heterocycles. The third kappa shape index (κ3) is 2.42. The van der Waals surface area contributed by atoms with Crippen LogP contribution in [0.1, 0.15) is 18.1 Å². The van der Waals surface area contributed by atoms with Crippen molar-refractivity contribution in [2.75, 3.05) is 0 Å². The molecule has 0 aliphatic heterocycles. The maximum absolute atomic E-state index is 13.2. The number of hydrogen-bond acceptors (Lipinski definition) is 2. The van der Waals surface area contributed by atoms with E-state index in [4.69, 9.17) is 10.2 Å². The molecule has 0 heterocycles. The Morgan fingerprint density at radius 2 is 2.08 bits per heavy atom. The molecule has 1 aromatic rings. The summed E-state index contributed by atoms with van der Waals surface area (Å²) in [7, 11) is 0. The van der Waals surface area contributed by atoms with Crippen molar-refractivity contribution in [3.8, 4) is 5.75 Å². The highest BCUT2D eigenvalue weighted by Crippen LogP contribution is 2.22. The molecule has 0 aliphatic carbocycles. The summed E-state index contributed by atoms with van der Waals surface area (Å²) in [5.74, 6) is -0.984. The SMILES string of the molecule is Cc1cc(O)c(F)c(CC(C)O)c1. The maximum atomic E-state index is 13.2. The van der Waals surface area contributed by atoms with Gasteiger partial charge in [0.1, 0.15) is 0 Å². The molecule has 0 spiro atoms. The van der Waals surface area contributed by atoms with Gasteiger partial charge >= 0.3 is 0 Å². The van der Waals surface area contributed by atoms with Gasteiger partial charge in [-0.05, 0) is 31.0 Å². The Hall–Kier alpha value is -1.09. The Labute approximate surface area is 76.6 Å². The van der Waals surface area contributed by atoms with E-state index in [0.717, 1.165) is 5.56 Å². The topological polar surface area (TPSA) is 40.5 Å². The van der Waals surface area contributed by atoms with Crippen LogP contribution in [-0.4, -0.2) is 16.3 Å². The Bertz CT molecular complexity index is 308. The molecule has 0 radical (unpaired) electrons. The van der Waals surface area contributed by atoms with E-state index in [0.29, 0.717) is 5.56 Å². The van der Waals surface area contributed by atoms with Crippen LogP contribution in [0.3, 0.4) is 0 Å². The minimum atomic E-state index is -0.633. The van der Waals surface area contributed by atoms with Crippen LogP contribution in [0.5, 0.6) is 5.75 Å². The molecule has 0 saturated heterocycles. The zero-order valence-corrected chi connectivity index (χ0v) is 7.71. The molecule has 0 fully saturated rings. The van der Waals surface area contributed by atoms with E-state index in [-0.39, 0.29) is 12.2 Å². The number of benzene rings is 1. The summed E-state index contributed by atoms with van der Waals surface area (Å²) in [5.41, 5.74) is 1.14. The van der Waals surface area contributed by atoms with Gasteiger partial charge in [-0.15, -0.1) is 0 Å². The number of aliphatic hydroxyl groups is 1. The van der Waals surface area contributed by atoms with E-state index >= 15 is 0 Å². The number of aromatic hydroxyl groups is 1. The summed E-state index contributed by atoms with van der Waals surface area (Å²) in [5, 5.41) is 18.2. The molecule has 72 valence electrons. The molecule has 0 amide bonds. The molecule has 2 nitrogen and oxygen atoms in total. The highest BCUT2D eigenvalue weighted by Gasteiger charge is 2.10. The van der Waals surface area contributed by atoms with E-state index in [2.05, 4.69) is 0 Å². The van der Waals surface area contributed by atoms with Gasteiger partial charge in [0.15, 0.2) is 11.6 Å². The molecular weight excluding hydrogens is 171 g/mol. The first-order chi connectivity index (χ1) is 6.00. The molecule has 0 bridgehead atoms. The zero-order valence-electron chi connectivity index (χ0n) is 7.71. The van der Waals surface area contributed by atoms with Gasteiger partial charge in [0.25, 0.3) is 0 Å². The van der Waals surface area contributed by atoms with Gasteiger partial charge in [-0.25, -0.2) is 4.39 Å². The van der Waals surface area contributed by atoms with Crippen LogP contribution in [-0.2, 0) is 6.42 Å². The van der Waals surface area contributed by atoms with Crippen molar-refractivity contribution in [3.05, 3.63) is 29.1 Å². The first kappa shape index (κ1) is 9.99. The number of halogens is 1. The van der Waals surface area contributed by atoms with E-state index in [1.165, 1.54) is 6.07 Å². The van der Waals surface area contributed by atoms with Gasteiger partial charge < -0.3 is 10.2 Å². The van der Waals surface area contributed by atoms with E-state index < -0.39 is 11.9 Å². The van der Waals surface area contributed by atoms with Crippen molar-refractivity contribution < 1.29 is 14.6 Å². The lowest BCUT2D eigenvalue weighted by Gasteiger charge is -2.08. The summed E-state index contributed by atoms with van der Waals surface area (Å²) in [6.45, 7) is 3.35. The smallest absolute Gasteiger partial charge is 0.168 e. The standard InChI is InChI=1S/C10H13FO2/c1-6-3-8(5-7(2)12)10(11)9(13)4-6/h3-4,7,12-13H,5H2,1-2H3. The summed E-state index contributed by atoms with van der Waals surface area (Å²) < 4.78 is 13.2. The monoisotopic (exact) mass is 184 g/mol. The zero-order chi connectivity index (χ0) is 10.0. The van der Waals surface area contributed by atoms with Crippen molar-refractivity contribution in [1.29, 1.82) is 0 Å². The number of aryl methyl sites for hydroxylation is 1. The van der Waals surface area contributed by atoms with Crippen LogP contribution in [0.25, 0.3) is 0 Å². The third-order valence-corrected chi connectivity index (χ3v) is 1.79. The van der Waals surface area contributed by atoms with E-state index in [9.17, 15) is 4.39 Å². The second kappa shape index (κ2) is 3.75. The molecular formula is C10H13FO2. The Morgan fingerprint density at radius 3 is 2.62 bits per heavy atom. The maximum Gasteiger partial charge on any atom is 0.168 e. The summed E-state index contributed by atoms with van der Waals surface area (Å²) >= 11 is 0. The second-order valence-corrected chi connectivity index (χ2v) is 3.31. The normalized spacial score (nSPS) is 12.9. The summed E-state index contributed by atoms with van der Waals surface area (Å²) in [6.07, 6.45) is -0.378. The lowest BCUT2D eigenvalue weighted by Crippen LogP contribution is -2.06. The third-order valence-electron chi connectivity index (χ3n) is 1.79. The molecule has 1 atom stereocenters. The minimum Gasteiger partial charge on any atom is -0.505 e. The molecule has 2 N–H and O–H groups in total. The molecule has 13 heavy (non-hydrogen) atoms. The Morgan fingerprint density at radius 1 is 1.46 bits per heavy atom. The predicted molar refractivity (Wildman–Crippen MR) is 48.2 cm³/mol. The van der Waals surface area contributed by atoms with Gasteiger partial charge in [-0.2, -0.15) is 0 Å². The Kier molecular flexibility index (Phi) is 2.88. The lowest BCUT2D eigenvalue weighted by molar-refractivity contribution is 0.194. The predicted octanol–water partition coefficient (Wildman–Crippen LogP) is 1.76. The highest BCUT2D eigenvalue weighted by molar-refractivity contribution is 5.35. The molecule has 3 heteroatoms. The highest BCUT2D eigenvalue weighted by atomic mass is 19.1.